The average molecular weight is 269 g/mol. The minimum Gasteiger partial charge on any atom is -0.336 e. The monoisotopic (exact) mass is 269 g/mol. The Morgan fingerprint density at radius 2 is 2.00 bits per heavy atom. The van der Waals surface area contributed by atoms with E-state index in [9.17, 15) is 13.6 Å². The van der Waals surface area contributed by atoms with E-state index >= 15 is 0 Å². The molecule has 0 saturated carbocycles. The van der Waals surface area contributed by atoms with Crippen LogP contribution in [0.4, 0.5) is 8.78 Å². The lowest BCUT2D eigenvalue weighted by Gasteiger charge is -2.28. The molecule has 1 aromatic rings. The van der Waals surface area contributed by atoms with Crippen LogP contribution in [0.1, 0.15) is 50.4 Å². The number of amides is 1. The van der Waals surface area contributed by atoms with Crippen molar-refractivity contribution in [1.82, 2.24) is 4.90 Å². The minimum atomic E-state index is -0.670. The quantitative estimate of drug-likeness (QED) is 0.764. The molecule has 2 nitrogen and oxygen atoms in total. The van der Waals surface area contributed by atoms with E-state index in [1.807, 2.05) is 20.8 Å². The molecular formula is C15H21F2NO. The van der Waals surface area contributed by atoms with Crippen molar-refractivity contribution in [2.24, 2.45) is 0 Å². The average Bonchev–Trinajstić information content (AvgIpc) is 2.41. The van der Waals surface area contributed by atoms with Crippen LogP contribution in [0.3, 0.4) is 0 Å². The van der Waals surface area contributed by atoms with E-state index in [1.165, 1.54) is 0 Å². The molecule has 0 aliphatic heterocycles. The molecule has 1 atom stereocenters. The zero-order valence-corrected chi connectivity index (χ0v) is 11.7. The third kappa shape index (κ3) is 4.01. The molecule has 1 unspecified atom stereocenters. The molecule has 0 heterocycles. The molecule has 0 fully saturated rings. The summed E-state index contributed by atoms with van der Waals surface area (Å²) in [5.74, 6) is -1.69. The molecule has 0 aromatic heterocycles. The van der Waals surface area contributed by atoms with Crippen LogP contribution < -0.4 is 0 Å². The SMILES string of the molecule is CCCCN(C(=O)c1cc(F)ccc1F)C(C)CC. The van der Waals surface area contributed by atoms with Gasteiger partial charge in [-0.25, -0.2) is 8.78 Å². The second kappa shape index (κ2) is 7.22. The third-order valence-corrected chi connectivity index (χ3v) is 3.30. The number of rotatable bonds is 6. The molecule has 4 heteroatoms. The van der Waals surface area contributed by atoms with Crippen molar-refractivity contribution in [3.8, 4) is 0 Å². The van der Waals surface area contributed by atoms with Crippen molar-refractivity contribution in [2.45, 2.75) is 46.1 Å². The molecule has 0 N–H and O–H groups in total. The van der Waals surface area contributed by atoms with Gasteiger partial charge in [-0.15, -0.1) is 0 Å². The van der Waals surface area contributed by atoms with E-state index in [1.54, 1.807) is 4.90 Å². The van der Waals surface area contributed by atoms with Crippen LogP contribution >= 0.6 is 0 Å². The summed E-state index contributed by atoms with van der Waals surface area (Å²) in [7, 11) is 0. The van der Waals surface area contributed by atoms with Crippen molar-refractivity contribution in [3.05, 3.63) is 35.4 Å². The van der Waals surface area contributed by atoms with Gasteiger partial charge in [-0.1, -0.05) is 20.3 Å². The van der Waals surface area contributed by atoms with Crippen LogP contribution in [0, 0.1) is 11.6 Å². The predicted octanol–water partition coefficient (Wildman–Crippen LogP) is 4.01. The van der Waals surface area contributed by atoms with Gasteiger partial charge in [0, 0.05) is 12.6 Å². The van der Waals surface area contributed by atoms with Crippen molar-refractivity contribution in [2.75, 3.05) is 6.54 Å². The van der Waals surface area contributed by atoms with Crippen LogP contribution in [0.25, 0.3) is 0 Å². The van der Waals surface area contributed by atoms with Gasteiger partial charge in [-0.2, -0.15) is 0 Å². The standard InChI is InChI=1S/C15H21F2NO/c1-4-6-9-18(11(3)5-2)15(19)13-10-12(16)7-8-14(13)17/h7-8,10-11H,4-6,9H2,1-3H3. The molecular weight excluding hydrogens is 248 g/mol. The molecule has 0 radical (unpaired) electrons. The van der Waals surface area contributed by atoms with E-state index in [0.717, 1.165) is 37.5 Å². The van der Waals surface area contributed by atoms with Gasteiger partial charge < -0.3 is 4.90 Å². The normalized spacial score (nSPS) is 12.3. The third-order valence-electron chi connectivity index (χ3n) is 3.30. The van der Waals surface area contributed by atoms with E-state index in [-0.39, 0.29) is 11.6 Å². The fourth-order valence-electron chi connectivity index (χ4n) is 1.89. The molecule has 0 spiro atoms. The number of nitrogens with zero attached hydrogens (tertiary/aromatic N) is 1. The second-order valence-electron chi connectivity index (χ2n) is 4.73. The highest BCUT2D eigenvalue weighted by Crippen LogP contribution is 2.16. The number of unbranched alkanes of at least 4 members (excludes halogenated alkanes) is 1. The van der Waals surface area contributed by atoms with Crippen LogP contribution in [0.5, 0.6) is 0 Å². The Bertz CT molecular complexity index is 434. The number of benzene rings is 1. The summed E-state index contributed by atoms with van der Waals surface area (Å²) in [6, 6.07) is 3.00. The van der Waals surface area contributed by atoms with Crippen molar-refractivity contribution >= 4 is 5.91 Å². The highest BCUT2D eigenvalue weighted by Gasteiger charge is 2.22. The summed E-state index contributed by atoms with van der Waals surface area (Å²) in [6.07, 6.45) is 2.59. The Labute approximate surface area is 113 Å². The Hall–Kier alpha value is -1.45. The summed E-state index contributed by atoms with van der Waals surface area (Å²) in [6.45, 7) is 6.49. The molecule has 0 aliphatic carbocycles. The maximum atomic E-state index is 13.7. The summed E-state index contributed by atoms with van der Waals surface area (Å²) in [4.78, 5) is 14.0. The largest absolute Gasteiger partial charge is 0.336 e. The number of hydrogen-bond donors (Lipinski definition) is 0. The first-order chi connectivity index (χ1) is 9.01. The number of halogens is 2. The topological polar surface area (TPSA) is 20.3 Å². The maximum Gasteiger partial charge on any atom is 0.257 e. The molecule has 0 bridgehead atoms. The first-order valence-electron chi connectivity index (χ1n) is 6.77. The Morgan fingerprint density at radius 3 is 2.58 bits per heavy atom. The highest BCUT2D eigenvalue weighted by atomic mass is 19.1. The van der Waals surface area contributed by atoms with Gasteiger partial charge in [0.25, 0.3) is 5.91 Å². The van der Waals surface area contributed by atoms with Crippen LogP contribution in [0.15, 0.2) is 18.2 Å². The van der Waals surface area contributed by atoms with Gasteiger partial charge >= 0.3 is 0 Å². The summed E-state index contributed by atoms with van der Waals surface area (Å²) in [5.41, 5.74) is -0.184. The molecule has 0 saturated heterocycles. The Kier molecular flexibility index (Phi) is 5.93. The van der Waals surface area contributed by atoms with Crippen LogP contribution in [-0.4, -0.2) is 23.4 Å². The molecule has 1 amide bonds. The van der Waals surface area contributed by atoms with E-state index < -0.39 is 17.5 Å². The van der Waals surface area contributed by atoms with Crippen LogP contribution in [-0.2, 0) is 0 Å². The zero-order valence-electron chi connectivity index (χ0n) is 11.7. The van der Waals surface area contributed by atoms with E-state index in [0.29, 0.717) is 6.54 Å². The summed E-state index contributed by atoms with van der Waals surface area (Å²) < 4.78 is 26.8. The molecule has 19 heavy (non-hydrogen) atoms. The number of hydrogen-bond acceptors (Lipinski definition) is 1. The van der Waals surface area contributed by atoms with Crippen molar-refractivity contribution in [1.29, 1.82) is 0 Å². The van der Waals surface area contributed by atoms with Gasteiger partial charge in [0.2, 0.25) is 0 Å². The maximum absolute atomic E-state index is 13.7. The van der Waals surface area contributed by atoms with Crippen molar-refractivity contribution < 1.29 is 13.6 Å². The van der Waals surface area contributed by atoms with Gasteiger partial charge in [0.05, 0.1) is 5.56 Å². The number of carbonyl (C=O) groups is 1. The summed E-state index contributed by atoms with van der Waals surface area (Å²) in [5, 5.41) is 0. The lowest BCUT2D eigenvalue weighted by atomic mass is 10.1. The first kappa shape index (κ1) is 15.6. The fraction of sp³-hybridized carbons (Fsp3) is 0.533. The Balaban J connectivity index is 3.00. The van der Waals surface area contributed by atoms with Gasteiger partial charge in [0.1, 0.15) is 11.6 Å². The molecule has 1 rings (SSSR count). The first-order valence-corrected chi connectivity index (χ1v) is 6.77. The van der Waals surface area contributed by atoms with E-state index in [2.05, 4.69) is 0 Å². The fourth-order valence-corrected chi connectivity index (χ4v) is 1.89. The van der Waals surface area contributed by atoms with Crippen LogP contribution in [0.2, 0.25) is 0 Å². The molecule has 1 aromatic carbocycles. The summed E-state index contributed by atoms with van der Waals surface area (Å²) >= 11 is 0. The highest BCUT2D eigenvalue weighted by molar-refractivity contribution is 5.94. The van der Waals surface area contributed by atoms with Gasteiger partial charge in [-0.3, -0.25) is 4.79 Å². The van der Waals surface area contributed by atoms with E-state index in [4.69, 9.17) is 0 Å². The predicted molar refractivity (Wildman–Crippen MR) is 72.1 cm³/mol. The smallest absolute Gasteiger partial charge is 0.257 e. The second-order valence-corrected chi connectivity index (χ2v) is 4.73. The molecule has 0 aliphatic rings. The van der Waals surface area contributed by atoms with Gasteiger partial charge in [0.15, 0.2) is 0 Å². The molecule has 106 valence electrons. The zero-order chi connectivity index (χ0) is 14.4. The lowest BCUT2D eigenvalue weighted by molar-refractivity contribution is 0.0680. The number of carbonyl (C=O) groups excluding carboxylic acids is 1. The minimum absolute atomic E-state index is 0.0155. The Morgan fingerprint density at radius 1 is 1.32 bits per heavy atom. The van der Waals surface area contributed by atoms with Gasteiger partial charge in [-0.05, 0) is 38.0 Å². The van der Waals surface area contributed by atoms with Crippen molar-refractivity contribution in [3.63, 3.8) is 0 Å². The lowest BCUT2D eigenvalue weighted by Crippen LogP contribution is -2.39.